The van der Waals surface area contributed by atoms with Gasteiger partial charge in [-0.2, -0.15) is 0 Å². The smallest absolute Gasteiger partial charge is 0.313 e. The topological polar surface area (TPSA) is 98.0 Å². The van der Waals surface area contributed by atoms with E-state index >= 15 is 0 Å². The summed E-state index contributed by atoms with van der Waals surface area (Å²) in [5, 5.41) is 42.8. The van der Waals surface area contributed by atoms with Crippen LogP contribution in [0.3, 0.4) is 0 Å². The summed E-state index contributed by atoms with van der Waals surface area (Å²) in [6.07, 6.45) is 6.98. The second kappa shape index (κ2) is 7.57. The standard InChI is InChI=1S/C30H48O5/c1-25(2)11-13-30(24(34)35)14-12-28(5)18(19(30)15-25)7-8-22-26(3)16-20(32)23(33)27(4,17-31)21(26)9-10-29(22,28)6/h20-23,31-33H,7-17H2,1-6H3,(H,34,35)/t20-,21?,22?,23+,26+,27?,28-,29-,30+/m1/s1. The number of carboxylic acid groups (broad SMARTS) is 1. The molecule has 0 aromatic rings. The predicted octanol–water partition coefficient (Wildman–Crippen LogP) is 5.32. The van der Waals surface area contributed by atoms with E-state index in [0.29, 0.717) is 12.3 Å². The lowest BCUT2D eigenvalue weighted by atomic mass is 9.33. The molecule has 5 heteroatoms. The highest BCUT2D eigenvalue weighted by molar-refractivity contribution is 5.80. The normalized spacial score (nSPS) is 53.2. The predicted molar refractivity (Wildman–Crippen MR) is 136 cm³/mol. The first-order valence-electron chi connectivity index (χ1n) is 14.0. The molecule has 0 bridgehead atoms. The molecule has 4 fully saturated rings. The van der Waals surface area contributed by atoms with Gasteiger partial charge in [0.1, 0.15) is 0 Å². The average molecular weight is 489 g/mol. The first-order chi connectivity index (χ1) is 16.1. The van der Waals surface area contributed by atoms with Crippen LogP contribution >= 0.6 is 0 Å². The fourth-order valence-corrected chi connectivity index (χ4v) is 10.8. The number of fused-ring (bicyclic) bond motifs is 6. The molecule has 35 heavy (non-hydrogen) atoms. The molecule has 3 unspecified atom stereocenters. The van der Waals surface area contributed by atoms with E-state index in [2.05, 4.69) is 34.6 Å². The minimum atomic E-state index is -0.901. The Morgan fingerprint density at radius 1 is 0.886 bits per heavy atom. The first-order valence-corrected chi connectivity index (χ1v) is 14.0. The minimum Gasteiger partial charge on any atom is -0.481 e. The van der Waals surface area contributed by atoms with Crippen LogP contribution in [0.1, 0.15) is 106 Å². The van der Waals surface area contributed by atoms with Crippen molar-refractivity contribution in [1.82, 2.24) is 0 Å². The minimum absolute atomic E-state index is 0.00344. The molecular formula is C30H48O5. The average Bonchev–Trinajstić information content (AvgIpc) is 2.77. The van der Waals surface area contributed by atoms with Crippen LogP contribution in [0.25, 0.3) is 0 Å². The zero-order valence-corrected chi connectivity index (χ0v) is 22.8. The van der Waals surface area contributed by atoms with Crippen molar-refractivity contribution in [3.63, 3.8) is 0 Å². The van der Waals surface area contributed by atoms with Crippen molar-refractivity contribution in [2.24, 2.45) is 44.3 Å². The molecule has 4 N–H and O–H groups in total. The molecule has 0 radical (unpaired) electrons. The number of hydrogen-bond acceptors (Lipinski definition) is 4. The summed E-state index contributed by atoms with van der Waals surface area (Å²) in [5.74, 6) is -0.0988. The van der Waals surface area contributed by atoms with Gasteiger partial charge in [0, 0.05) is 5.41 Å². The Morgan fingerprint density at radius 3 is 2.17 bits per heavy atom. The van der Waals surface area contributed by atoms with Gasteiger partial charge in [-0.3, -0.25) is 4.79 Å². The van der Waals surface area contributed by atoms with E-state index in [9.17, 15) is 25.2 Å². The van der Waals surface area contributed by atoms with Crippen molar-refractivity contribution in [2.45, 2.75) is 118 Å². The number of aliphatic carboxylic acids is 1. The monoisotopic (exact) mass is 488 g/mol. The maximum Gasteiger partial charge on any atom is 0.313 e. The second-order valence-electron chi connectivity index (χ2n) is 15.0. The molecule has 0 aromatic heterocycles. The van der Waals surface area contributed by atoms with Gasteiger partial charge in [-0.05, 0) is 97.7 Å². The molecule has 5 aliphatic rings. The molecule has 0 aliphatic heterocycles. The molecule has 5 aliphatic carbocycles. The molecule has 4 saturated carbocycles. The van der Waals surface area contributed by atoms with E-state index in [1.54, 1.807) is 0 Å². The van der Waals surface area contributed by atoms with Gasteiger partial charge in [-0.25, -0.2) is 0 Å². The van der Waals surface area contributed by atoms with Crippen LogP contribution in [-0.2, 0) is 4.79 Å². The molecule has 0 saturated heterocycles. The van der Waals surface area contributed by atoms with E-state index in [0.717, 1.165) is 57.8 Å². The van der Waals surface area contributed by atoms with Crippen LogP contribution in [-0.4, -0.2) is 45.2 Å². The quantitative estimate of drug-likeness (QED) is 0.394. The van der Waals surface area contributed by atoms with E-state index in [1.165, 1.54) is 11.1 Å². The van der Waals surface area contributed by atoms with E-state index in [-0.39, 0.29) is 34.2 Å². The third kappa shape index (κ3) is 3.07. The molecule has 0 aromatic carbocycles. The molecule has 9 atom stereocenters. The summed E-state index contributed by atoms with van der Waals surface area (Å²) in [6.45, 7) is 13.6. The van der Waals surface area contributed by atoms with Crippen LogP contribution in [0.2, 0.25) is 0 Å². The largest absolute Gasteiger partial charge is 0.481 e. The summed E-state index contributed by atoms with van der Waals surface area (Å²) in [5.41, 5.74) is 1.22. The van der Waals surface area contributed by atoms with Crippen molar-refractivity contribution >= 4 is 5.97 Å². The van der Waals surface area contributed by atoms with E-state index in [1.807, 2.05) is 6.92 Å². The summed E-state index contributed by atoms with van der Waals surface area (Å²) in [7, 11) is 0. The number of rotatable bonds is 2. The number of aliphatic hydroxyl groups excluding tert-OH is 3. The number of hydrogen-bond donors (Lipinski definition) is 4. The van der Waals surface area contributed by atoms with Crippen LogP contribution in [0.15, 0.2) is 11.1 Å². The van der Waals surface area contributed by atoms with Crippen LogP contribution < -0.4 is 0 Å². The second-order valence-corrected chi connectivity index (χ2v) is 15.0. The van der Waals surface area contributed by atoms with Gasteiger partial charge in [0.2, 0.25) is 0 Å². The van der Waals surface area contributed by atoms with Gasteiger partial charge < -0.3 is 20.4 Å². The zero-order valence-electron chi connectivity index (χ0n) is 22.8. The maximum atomic E-state index is 12.8. The lowest BCUT2D eigenvalue weighted by molar-refractivity contribution is -0.245. The van der Waals surface area contributed by atoms with Crippen molar-refractivity contribution in [3.8, 4) is 0 Å². The highest BCUT2D eigenvalue weighted by atomic mass is 16.4. The molecule has 0 heterocycles. The summed E-state index contributed by atoms with van der Waals surface area (Å²) < 4.78 is 0. The zero-order chi connectivity index (χ0) is 25.8. The van der Waals surface area contributed by atoms with Gasteiger partial charge in [-0.1, -0.05) is 52.7 Å². The van der Waals surface area contributed by atoms with Crippen LogP contribution in [0, 0.1) is 44.3 Å². The lowest BCUT2D eigenvalue weighted by Gasteiger charge is -2.71. The Kier molecular flexibility index (Phi) is 5.56. The Labute approximate surface area is 211 Å². The third-order valence-corrected chi connectivity index (χ3v) is 13.0. The van der Waals surface area contributed by atoms with Gasteiger partial charge >= 0.3 is 5.97 Å². The van der Waals surface area contributed by atoms with Crippen molar-refractivity contribution in [2.75, 3.05) is 6.61 Å². The molecule has 5 rings (SSSR count). The fraction of sp³-hybridized carbons (Fsp3) is 0.900. The number of allylic oxidation sites excluding steroid dienone is 1. The Balaban J connectivity index is 1.63. The van der Waals surface area contributed by atoms with Crippen molar-refractivity contribution in [1.29, 1.82) is 0 Å². The highest BCUT2D eigenvalue weighted by Crippen LogP contribution is 2.75. The van der Waals surface area contributed by atoms with Gasteiger partial charge in [0.05, 0.1) is 24.2 Å². The van der Waals surface area contributed by atoms with Crippen LogP contribution in [0.4, 0.5) is 0 Å². The Bertz CT molecular complexity index is 954. The van der Waals surface area contributed by atoms with E-state index < -0.39 is 29.0 Å². The molecule has 0 spiro atoms. The molecular weight excluding hydrogens is 440 g/mol. The summed E-state index contributed by atoms with van der Waals surface area (Å²) in [6, 6.07) is 0. The SMILES string of the molecule is CC1(C)CC[C@]2(C(=O)O)CC[C@]3(C)C(=C2C1)CCC1[C@@]2(C)C[C@@H](O)[C@H](O)C(C)(CO)C2CC[C@]13C. The number of carbonyl (C=O) groups is 1. The number of aliphatic hydroxyl groups is 3. The number of carboxylic acids is 1. The third-order valence-electron chi connectivity index (χ3n) is 13.0. The molecule has 198 valence electrons. The van der Waals surface area contributed by atoms with Crippen molar-refractivity contribution < 1.29 is 25.2 Å². The maximum absolute atomic E-state index is 12.8. The van der Waals surface area contributed by atoms with Gasteiger partial charge in [0.15, 0.2) is 0 Å². The van der Waals surface area contributed by atoms with Gasteiger partial charge in [-0.15, -0.1) is 0 Å². The van der Waals surface area contributed by atoms with Gasteiger partial charge in [0.25, 0.3) is 0 Å². The molecule has 0 amide bonds. The fourth-order valence-electron chi connectivity index (χ4n) is 10.8. The van der Waals surface area contributed by atoms with Crippen molar-refractivity contribution in [3.05, 3.63) is 11.1 Å². The van der Waals surface area contributed by atoms with E-state index in [4.69, 9.17) is 0 Å². The Morgan fingerprint density at radius 2 is 1.54 bits per heavy atom. The summed E-state index contributed by atoms with van der Waals surface area (Å²) >= 11 is 0. The van der Waals surface area contributed by atoms with Crippen LogP contribution in [0.5, 0.6) is 0 Å². The lowest BCUT2D eigenvalue weighted by Crippen LogP contribution is -2.67. The highest BCUT2D eigenvalue weighted by Gasteiger charge is 2.69. The summed E-state index contributed by atoms with van der Waals surface area (Å²) in [4.78, 5) is 12.8. The molecule has 5 nitrogen and oxygen atoms in total. The first kappa shape index (κ1) is 25.7. The Hall–Kier alpha value is -0.910.